The van der Waals surface area contributed by atoms with Gasteiger partial charge >= 0.3 is 0 Å². The lowest BCUT2D eigenvalue weighted by Crippen LogP contribution is -2.17. The lowest BCUT2D eigenvalue weighted by Gasteiger charge is -2.20. The minimum absolute atomic E-state index is 0.120. The molecule has 1 saturated carbocycles. The number of Topliss-reactive ketones (excluding diaryl/α,β-unsaturated/α-hetero) is 2. The van der Waals surface area contributed by atoms with Crippen LogP contribution in [0.25, 0.3) is 0 Å². The van der Waals surface area contributed by atoms with Gasteiger partial charge in [0.1, 0.15) is 11.6 Å². The minimum Gasteiger partial charge on any atom is -0.299 e. The van der Waals surface area contributed by atoms with Crippen molar-refractivity contribution in [2.24, 2.45) is 5.92 Å². The van der Waals surface area contributed by atoms with Gasteiger partial charge in [-0.2, -0.15) is 0 Å². The maximum Gasteiger partial charge on any atom is 0.140 e. The SMILES string of the molecule is CC.CC.CC1C(=O)CCc2ccccc21.CC1CCCCC1=O. The van der Waals surface area contributed by atoms with Crippen LogP contribution in [0.3, 0.4) is 0 Å². The van der Waals surface area contributed by atoms with Crippen LogP contribution in [0, 0.1) is 5.92 Å². The van der Waals surface area contributed by atoms with E-state index in [2.05, 4.69) is 12.1 Å². The molecule has 2 unspecified atom stereocenters. The molecule has 0 heterocycles. The Labute approximate surface area is 149 Å². The Kier molecular flexibility index (Phi) is 12.1. The van der Waals surface area contributed by atoms with Crippen LogP contribution >= 0.6 is 0 Å². The monoisotopic (exact) mass is 332 g/mol. The molecule has 1 aromatic carbocycles. The molecule has 0 bridgehead atoms. The standard InChI is InChI=1S/C11H12O.C7H12O.2C2H6/c1-8-10-5-3-2-4-9(10)6-7-11(8)12;1-6-4-2-3-5-7(6)8;2*1-2/h2-5,8H,6-7H2,1H3;6H,2-5H2,1H3;2*1-2H3. The first-order valence-corrected chi connectivity index (χ1v) is 9.73. The van der Waals surface area contributed by atoms with Gasteiger partial charge in [0.2, 0.25) is 0 Å². The first-order chi connectivity index (χ1) is 11.6. The van der Waals surface area contributed by atoms with E-state index in [0.29, 0.717) is 17.5 Å². The van der Waals surface area contributed by atoms with Crippen molar-refractivity contribution in [2.75, 3.05) is 0 Å². The van der Waals surface area contributed by atoms with Crippen LogP contribution in [-0.2, 0) is 16.0 Å². The largest absolute Gasteiger partial charge is 0.299 e. The highest BCUT2D eigenvalue weighted by Gasteiger charge is 2.22. The van der Waals surface area contributed by atoms with Gasteiger partial charge in [-0.3, -0.25) is 9.59 Å². The number of rotatable bonds is 0. The summed E-state index contributed by atoms with van der Waals surface area (Å²) in [4.78, 5) is 22.2. The number of carbonyl (C=O) groups is 2. The Morgan fingerprint density at radius 1 is 0.792 bits per heavy atom. The second-order valence-corrected chi connectivity index (χ2v) is 6.00. The molecule has 2 atom stereocenters. The molecule has 0 aliphatic heterocycles. The molecule has 2 nitrogen and oxygen atoms in total. The Balaban J connectivity index is 0.000000385. The molecule has 0 aromatic heterocycles. The second-order valence-electron chi connectivity index (χ2n) is 6.00. The molecule has 0 N–H and O–H groups in total. The van der Waals surface area contributed by atoms with Gasteiger partial charge < -0.3 is 0 Å². The normalized spacial score (nSPS) is 21.8. The predicted molar refractivity (Wildman–Crippen MR) is 104 cm³/mol. The van der Waals surface area contributed by atoms with Crippen molar-refractivity contribution in [3.8, 4) is 0 Å². The first-order valence-electron chi connectivity index (χ1n) is 9.73. The van der Waals surface area contributed by atoms with Crippen LogP contribution in [-0.4, -0.2) is 11.6 Å². The Hall–Kier alpha value is -1.44. The van der Waals surface area contributed by atoms with E-state index in [0.717, 1.165) is 32.1 Å². The molecule has 0 saturated heterocycles. The summed E-state index contributed by atoms with van der Waals surface area (Å²) in [6.45, 7) is 12.0. The zero-order valence-electron chi connectivity index (χ0n) is 16.5. The summed E-state index contributed by atoms with van der Waals surface area (Å²) in [5, 5.41) is 0. The lowest BCUT2D eigenvalue weighted by atomic mass is 9.83. The van der Waals surface area contributed by atoms with Crippen molar-refractivity contribution in [1.82, 2.24) is 0 Å². The molecule has 2 aliphatic carbocycles. The van der Waals surface area contributed by atoms with Crippen LogP contribution in [0.1, 0.15) is 90.7 Å². The zero-order valence-corrected chi connectivity index (χ0v) is 16.5. The van der Waals surface area contributed by atoms with Crippen LogP contribution in [0.2, 0.25) is 0 Å². The summed E-state index contributed by atoms with van der Waals surface area (Å²) < 4.78 is 0. The highest BCUT2D eigenvalue weighted by Crippen LogP contribution is 2.27. The van der Waals surface area contributed by atoms with Gasteiger partial charge in [-0.25, -0.2) is 0 Å². The van der Waals surface area contributed by atoms with E-state index in [1.807, 2.05) is 53.7 Å². The van der Waals surface area contributed by atoms with Crippen molar-refractivity contribution in [2.45, 2.75) is 86.0 Å². The molecule has 2 aliphatic rings. The first kappa shape index (κ1) is 22.6. The molecular formula is C22H36O2. The predicted octanol–water partition coefficient (Wildman–Crippen LogP) is 6.12. The number of carbonyl (C=O) groups excluding carboxylic acids is 2. The quantitative estimate of drug-likeness (QED) is 0.573. The van der Waals surface area contributed by atoms with Crippen molar-refractivity contribution < 1.29 is 9.59 Å². The fourth-order valence-corrected chi connectivity index (χ4v) is 2.99. The van der Waals surface area contributed by atoms with Crippen molar-refractivity contribution in [3.63, 3.8) is 0 Å². The van der Waals surface area contributed by atoms with E-state index in [1.54, 1.807) is 0 Å². The average Bonchev–Trinajstić information content (AvgIpc) is 2.65. The lowest BCUT2D eigenvalue weighted by molar-refractivity contribution is -0.124. The van der Waals surface area contributed by atoms with Gasteiger partial charge in [0.25, 0.3) is 0 Å². The smallest absolute Gasteiger partial charge is 0.140 e. The maximum absolute atomic E-state index is 11.4. The van der Waals surface area contributed by atoms with Gasteiger partial charge in [-0.05, 0) is 30.4 Å². The number of hydrogen-bond acceptors (Lipinski definition) is 2. The minimum atomic E-state index is 0.120. The van der Waals surface area contributed by atoms with Gasteiger partial charge in [-0.15, -0.1) is 0 Å². The van der Waals surface area contributed by atoms with Gasteiger partial charge in [0.15, 0.2) is 0 Å². The number of aryl methyl sites for hydroxylation is 1. The van der Waals surface area contributed by atoms with Crippen LogP contribution < -0.4 is 0 Å². The molecule has 1 aromatic rings. The zero-order chi connectivity index (χ0) is 18.5. The van der Waals surface area contributed by atoms with Crippen molar-refractivity contribution >= 4 is 11.6 Å². The molecule has 0 amide bonds. The Morgan fingerprint density at radius 3 is 1.96 bits per heavy atom. The summed E-state index contributed by atoms with van der Waals surface area (Å²) in [5.74, 6) is 1.34. The Morgan fingerprint density at radius 2 is 1.42 bits per heavy atom. The summed E-state index contributed by atoms with van der Waals surface area (Å²) in [6.07, 6.45) is 5.99. The molecule has 0 spiro atoms. The molecule has 0 radical (unpaired) electrons. The van der Waals surface area contributed by atoms with Crippen LogP contribution in [0.4, 0.5) is 0 Å². The van der Waals surface area contributed by atoms with E-state index >= 15 is 0 Å². The molecule has 136 valence electrons. The van der Waals surface area contributed by atoms with Crippen molar-refractivity contribution in [1.29, 1.82) is 0 Å². The second kappa shape index (κ2) is 12.9. The summed E-state index contributed by atoms with van der Waals surface area (Å²) >= 11 is 0. The third-order valence-corrected chi connectivity index (χ3v) is 4.51. The number of fused-ring (bicyclic) bond motifs is 1. The third-order valence-electron chi connectivity index (χ3n) is 4.51. The van der Waals surface area contributed by atoms with Crippen LogP contribution in [0.15, 0.2) is 24.3 Å². The molecule has 24 heavy (non-hydrogen) atoms. The highest BCUT2D eigenvalue weighted by molar-refractivity contribution is 5.87. The fraction of sp³-hybridized carbons (Fsp3) is 0.636. The van der Waals surface area contributed by atoms with E-state index < -0.39 is 0 Å². The molecule has 1 fully saturated rings. The van der Waals surface area contributed by atoms with E-state index in [1.165, 1.54) is 17.5 Å². The molecule has 3 rings (SSSR count). The van der Waals surface area contributed by atoms with Gasteiger partial charge in [0, 0.05) is 24.7 Å². The van der Waals surface area contributed by atoms with E-state index in [9.17, 15) is 9.59 Å². The fourth-order valence-electron chi connectivity index (χ4n) is 2.99. The highest BCUT2D eigenvalue weighted by atomic mass is 16.1. The summed E-state index contributed by atoms with van der Waals surface area (Å²) in [6, 6.07) is 8.24. The van der Waals surface area contributed by atoms with Gasteiger partial charge in [-0.1, -0.05) is 72.2 Å². The maximum atomic E-state index is 11.4. The van der Waals surface area contributed by atoms with Crippen LogP contribution in [0.5, 0.6) is 0 Å². The summed E-state index contributed by atoms with van der Waals surface area (Å²) in [7, 11) is 0. The van der Waals surface area contributed by atoms with E-state index in [4.69, 9.17) is 0 Å². The topological polar surface area (TPSA) is 34.1 Å². The van der Waals surface area contributed by atoms with Crippen molar-refractivity contribution in [3.05, 3.63) is 35.4 Å². The third kappa shape index (κ3) is 6.98. The van der Waals surface area contributed by atoms with Gasteiger partial charge in [0.05, 0.1) is 0 Å². The molecule has 2 heteroatoms. The Bertz CT molecular complexity index is 490. The number of ketones is 2. The van der Waals surface area contributed by atoms with E-state index in [-0.39, 0.29) is 5.92 Å². The average molecular weight is 333 g/mol. The molecular weight excluding hydrogens is 296 g/mol. The number of benzene rings is 1. The summed E-state index contributed by atoms with van der Waals surface area (Å²) in [5.41, 5.74) is 2.58. The number of hydrogen-bond donors (Lipinski definition) is 0.